The van der Waals surface area contributed by atoms with Crippen LogP contribution in [0.4, 0.5) is 0 Å². The summed E-state index contributed by atoms with van der Waals surface area (Å²) in [5.41, 5.74) is 4.74. The number of ether oxygens (including phenoxy) is 1. The largest absolute Gasteiger partial charge is 0.478 e. The van der Waals surface area contributed by atoms with Crippen LogP contribution in [0.2, 0.25) is 0 Å². The molecule has 38 heavy (non-hydrogen) atoms. The van der Waals surface area contributed by atoms with Crippen molar-refractivity contribution < 1.29 is 24.2 Å². The number of benzene rings is 3. The van der Waals surface area contributed by atoms with Crippen LogP contribution in [0.25, 0.3) is 16.8 Å². The van der Waals surface area contributed by atoms with Gasteiger partial charge in [0.05, 0.1) is 17.9 Å². The Bertz CT molecular complexity index is 1540. The van der Waals surface area contributed by atoms with E-state index in [1.807, 2.05) is 55.5 Å². The molecule has 1 N–H and O–H groups in total. The minimum atomic E-state index is -1.14. The number of nitrogens with zero attached hydrogens (tertiary/aromatic N) is 3. The van der Waals surface area contributed by atoms with Gasteiger partial charge in [0.25, 0.3) is 5.91 Å². The maximum Gasteiger partial charge on any atom is 0.359 e. The molecule has 1 aliphatic heterocycles. The van der Waals surface area contributed by atoms with Crippen LogP contribution in [0, 0.1) is 6.92 Å². The quantitative estimate of drug-likeness (QED) is 0.370. The lowest BCUT2D eigenvalue weighted by atomic mass is 9.93. The molecule has 0 saturated carbocycles. The molecular formula is C30H27N3O5. The van der Waals surface area contributed by atoms with Gasteiger partial charge in [0.2, 0.25) is 0 Å². The molecule has 0 atom stereocenters. The van der Waals surface area contributed by atoms with Crippen molar-refractivity contribution in [2.45, 2.75) is 26.8 Å². The highest BCUT2D eigenvalue weighted by atomic mass is 16.5. The minimum Gasteiger partial charge on any atom is -0.478 e. The normalized spacial score (nSPS) is 12.6. The van der Waals surface area contributed by atoms with Gasteiger partial charge in [-0.2, -0.15) is 5.10 Å². The molecule has 0 spiro atoms. The molecule has 1 aromatic heterocycles. The summed E-state index contributed by atoms with van der Waals surface area (Å²) in [5.74, 6) is -2.07. The van der Waals surface area contributed by atoms with Gasteiger partial charge in [-0.25, -0.2) is 14.3 Å². The first-order valence-electron chi connectivity index (χ1n) is 12.4. The third-order valence-electron chi connectivity index (χ3n) is 6.77. The Balaban J connectivity index is 1.67. The molecule has 0 aliphatic carbocycles. The molecule has 0 saturated heterocycles. The van der Waals surface area contributed by atoms with Crippen LogP contribution in [0.1, 0.15) is 54.9 Å². The summed E-state index contributed by atoms with van der Waals surface area (Å²) >= 11 is 0. The monoisotopic (exact) mass is 509 g/mol. The average molecular weight is 510 g/mol. The molecule has 8 nitrogen and oxygen atoms in total. The first-order chi connectivity index (χ1) is 18.4. The summed E-state index contributed by atoms with van der Waals surface area (Å²) in [6.45, 7) is 4.60. The summed E-state index contributed by atoms with van der Waals surface area (Å²) < 4.78 is 6.94. The Hall–Kier alpha value is -4.72. The number of hydrogen-bond acceptors (Lipinski definition) is 5. The summed E-state index contributed by atoms with van der Waals surface area (Å²) in [4.78, 5) is 40.6. The molecule has 0 radical (unpaired) electrons. The number of rotatable bonds is 6. The van der Waals surface area contributed by atoms with Gasteiger partial charge < -0.3 is 14.7 Å². The van der Waals surface area contributed by atoms with E-state index in [0.29, 0.717) is 36.3 Å². The van der Waals surface area contributed by atoms with E-state index in [9.17, 15) is 19.5 Å². The Morgan fingerprint density at radius 3 is 2.39 bits per heavy atom. The number of amides is 1. The van der Waals surface area contributed by atoms with Crippen LogP contribution < -0.4 is 0 Å². The zero-order valence-electron chi connectivity index (χ0n) is 21.2. The Kier molecular flexibility index (Phi) is 6.79. The van der Waals surface area contributed by atoms with Crippen molar-refractivity contribution >= 4 is 17.8 Å². The number of fused-ring (bicyclic) bond motifs is 1. The number of carboxylic acid groups (broad SMARTS) is 1. The number of carbonyl (C=O) groups excluding carboxylic acids is 2. The zero-order valence-corrected chi connectivity index (χ0v) is 21.2. The molecule has 8 heteroatoms. The van der Waals surface area contributed by atoms with E-state index in [2.05, 4.69) is 11.2 Å². The summed E-state index contributed by atoms with van der Waals surface area (Å²) in [5, 5.41) is 14.3. The molecule has 0 unspecified atom stereocenters. The Morgan fingerprint density at radius 2 is 1.68 bits per heavy atom. The van der Waals surface area contributed by atoms with Crippen LogP contribution in [0.3, 0.4) is 0 Å². The number of esters is 1. The molecule has 2 heterocycles. The van der Waals surface area contributed by atoms with E-state index in [0.717, 1.165) is 11.3 Å². The summed E-state index contributed by atoms with van der Waals surface area (Å²) in [7, 11) is 0. The molecule has 1 amide bonds. The molecule has 3 aromatic carbocycles. The predicted molar refractivity (Wildman–Crippen MR) is 142 cm³/mol. The third-order valence-corrected chi connectivity index (χ3v) is 6.77. The Labute approximate surface area is 220 Å². The van der Waals surface area contributed by atoms with Crippen molar-refractivity contribution in [1.82, 2.24) is 14.7 Å². The van der Waals surface area contributed by atoms with Crippen molar-refractivity contribution in [1.29, 1.82) is 0 Å². The van der Waals surface area contributed by atoms with Gasteiger partial charge in [-0.1, -0.05) is 48.5 Å². The molecule has 4 aromatic rings. The van der Waals surface area contributed by atoms with E-state index >= 15 is 0 Å². The standard InChI is InChI=1S/C30H27N3O5/c1-3-38-30(37)27-26(19(2)33(31-27)23-11-5-4-6-12-23)24-14-13-21(29(35)36)17-25(24)28(34)32-16-15-20-9-7-8-10-22(20)18-32/h4-14,17H,3,15-16,18H2,1-2H3,(H,35,36). The summed E-state index contributed by atoms with van der Waals surface area (Å²) in [6, 6.07) is 21.7. The lowest BCUT2D eigenvalue weighted by Crippen LogP contribution is -2.36. The number of aromatic carboxylic acids is 1. The van der Waals surface area contributed by atoms with Gasteiger partial charge in [-0.15, -0.1) is 0 Å². The topological polar surface area (TPSA) is 102 Å². The first-order valence-corrected chi connectivity index (χ1v) is 12.4. The average Bonchev–Trinajstić information content (AvgIpc) is 3.29. The van der Waals surface area contributed by atoms with Gasteiger partial charge in [-0.05, 0) is 61.2 Å². The highest BCUT2D eigenvalue weighted by molar-refractivity contribution is 6.06. The fraction of sp³-hybridized carbons (Fsp3) is 0.200. The second-order valence-electron chi connectivity index (χ2n) is 9.09. The zero-order chi connectivity index (χ0) is 26.8. The number of aromatic nitrogens is 2. The van der Waals surface area contributed by atoms with Crippen LogP contribution >= 0.6 is 0 Å². The molecule has 0 fully saturated rings. The van der Waals surface area contributed by atoms with Crippen molar-refractivity contribution in [2.24, 2.45) is 0 Å². The second-order valence-corrected chi connectivity index (χ2v) is 9.09. The van der Waals surface area contributed by atoms with Crippen molar-refractivity contribution in [2.75, 3.05) is 13.2 Å². The second kappa shape index (κ2) is 10.3. The van der Waals surface area contributed by atoms with Crippen LogP contribution in [0.5, 0.6) is 0 Å². The molecule has 1 aliphatic rings. The van der Waals surface area contributed by atoms with Gasteiger partial charge >= 0.3 is 11.9 Å². The highest BCUT2D eigenvalue weighted by Crippen LogP contribution is 2.34. The Morgan fingerprint density at radius 1 is 0.974 bits per heavy atom. The molecule has 0 bridgehead atoms. The number of hydrogen-bond donors (Lipinski definition) is 1. The molecule has 192 valence electrons. The maximum absolute atomic E-state index is 14.0. The van der Waals surface area contributed by atoms with Gasteiger partial charge in [-0.3, -0.25) is 4.79 Å². The van der Waals surface area contributed by atoms with Crippen molar-refractivity contribution in [3.8, 4) is 16.8 Å². The fourth-order valence-corrected chi connectivity index (χ4v) is 4.90. The lowest BCUT2D eigenvalue weighted by molar-refractivity contribution is 0.0518. The van der Waals surface area contributed by atoms with Crippen LogP contribution in [-0.4, -0.2) is 50.8 Å². The van der Waals surface area contributed by atoms with E-state index in [-0.39, 0.29) is 29.3 Å². The van der Waals surface area contributed by atoms with Gasteiger partial charge in [0.1, 0.15) is 0 Å². The maximum atomic E-state index is 14.0. The highest BCUT2D eigenvalue weighted by Gasteiger charge is 2.30. The van der Waals surface area contributed by atoms with E-state index < -0.39 is 11.9 Å². The third kappa shape index (κ3) is 4.56. The SMILES string of the molecule is CCOC(=O)c1nn(-c2ccccc2)c(C)c1-c1ccc(C(=O)O)cc1C(=O)N1CCc2ccccc2C1. The van der Waals surface area contributed by atoms with E-state index in [4.69, 9.17) is 4.74 Å². The van der Waals surface area contributed by atoms with E-state index in [1.165, 1.54) is 17.7 Å². The van der Waals surface area contributed by atoms with Gasteiger partial charge in [0.15, 0.2) is 5.69 Å². The first kappa shape index (κ1) is 25.0. The molecule has 5 rings (SSSR count). The van der Waals surface area contributed by atoms with Crippen molar-refractivity contribution in [3.63, 3.8) is 0 Å². The number of carboxylic acids is 1. The van der Waals surface area contributed by atoms with E-state index in [1.54, 1.807) is 22.6 Å². The minimum absolute atomic E-state index is 0.0136. The number of carbonyl (C=O) groups is 3. The van der Waals surface area contributed by atoms with Gasteiger partial charge in [0, 0.05) is 29.9 Å². The number of para-hydroxylation sites is 1. The van der Waals surface area contributed by atoms with Crippen LogP contribution in [0.15, 0.2) is 72.8 Å². The lowest BCUT2D eigenvalue weighted by Gasteiger charge is -2.29. The smallest absolute Gasteiger partial charge is 0.359 e. The van der Waals surface area contributed by atoms with Crippen molar-refractivity contribution in [3.05, 3.63) is 106 Å². The fourth-order valence-electron chi connectivity index (χ4n) is 4.90. The summed E-state index contributed by atoms with van der Waals surface area (Å²) in [6.07, 6.45) is 0.703. The predicted octanol–water partition coefficient (Wildman–Crippen LogP) is 4.92. The molecular weight excluding hydrogens is 482 g/mol. The van der Waals surface area contributed by atoms with Crippen LogP contribution in [-0.2, 0) is 17.7 Å².